The highest BCUT2D eigenvalue weighted by atomic mass is 16.5. The van der Waals surface area contributed by atoms with Crippen molar-refractivity contribution in [2.45, 2.75) is 39.7 Å². The molecule has 0 fully saturated rings. The molecule has 176 valence electrons. The van der Waals surface area contributed by atoms with Gasteiger partial charge in [-0.15, -0.1) is 0 Å². The van der Waals surface area contributed by atoms with E-state index < -0.39 is 0 Å². The fourth-order valence-corrected chi connectivity index (χ4v) is 3.96. The number of hydrogen-bond donors (Lipinski definition) is 3. The SMILES string of the molecule is CCOc1cc2c(cc1C(=O)NC)C(=N)N(CC(=O)c1cc(O)c(OC)c(C(C)(C)C)c1)C2. The summed E-state index contributed by atoms with van der Waals surface area (Å²) in [5.41, 5.74) is 2.50. The van der Waals surface area contributed by atoms with E-state index in [-0.39, 0.29) is 35.2 Å². The Bertz CT molecular complexity index is 1120. The summed E-state index contributed by atoms with van der Waals surface area (Å²) in [5, 5.41) is 21.6. The number of hydrogen-bond acceptors (Lipinski definition) is 6. The molecule has 3 rings (SSSR count). The Balaban J connectivity index is 1.90. The van der Waals surface area contributed by atoms with E-state index in [0.717, 1.165) is 11.1 Å². The summed E-state index contributed by atoms with van der Waals surface area (Å²) >= 11 is 0. The van der Waals surface area contributed by atoms with Crippen molar-refractivity contribution in [2.24, 2.45) is 0 Å². The minimum Gasteiger partial charge on any atom is -0.504 e. The largest absolute Gasteiger partial charge is 0.504 e. The molecule has 0 spiro atoms. The number of amidine groups is 1. The highest BCUT2D eigenvalue weighted by Gasteiger charge is 2.30. The number of benzene rings is 2. The number of amides is 1. The van der Waals surface area contributed by atoms with E-state index in [1.807, 2.05) is 27.7 Å². The number of phenolic OH excluding ortho intramolecular Hbond substituents is 1. The first kappa shape index (κ1) is 24.1. The molecule has 1 aliphatic rings. The van der Waals surface area contributed by atoms with E-state index in [0.29, 0.717) is 41.3 Å². The van der Waals surface area contributed by atoms with Crippen LogP contribution in [0.1, 0.15) is 65.1 Å². The second-order valence-electron chi connectivity index (χ2n) is 8.97. The van der Waals surface area contributed by atoms with Crippen molar-refractivity contribution in [2.75, 3.05) is 27.3 Å². The lowest BCUT2D eigenvalue weighted by Crippen LogP contribution is -2.30. The van der Waals surface area contributed by atoms with Gasteiger partial charge in [0.05, 0.1) is 25.8 Å². The molecule has 0 saturated heterocycles. The van der Waals surface area contributed by atoms with Crippen molar-refractivity contribution < 1.29 is 24.2 Å². The average Bonchev–Trinajstić information content (AvgIpc) is 3.05. The van der Waals surface area contributed by atoms with Crippen LogP contribution in [0, 0.1) is 5.41 Å². The lowest BCUT2D eigenvalue weighted by Gasteiger charge is -2.24. The lowest BCUT2D eigenvalue weighted by atomic mass is 9.84. The van der Waals surface area contributed by atoms with Gasteiger partial charge in [0.1, 0.15) is 11.6 Å². The van der Waals surface area contributed by atoms with Gasteiger partial charge in [-0.2, -0.15) is 0 Å². The Morgan fingerprint density at radius 3 is 2.48 bits per heavy atom. The molecule has 1 amide bonds. The first-order chi connectivity index (χ1) is 15.5. The monoisotopic (exact) mass is 453 g/mol. The summed E-state index contributed by atoms with van der Waals surface area (Å²) < 4.78 is 11.0. The van der Waals surface area contributed by atoms with Crippen molar-refractivity contribution in [3.05, 3.63) is 52.1 Å². The molecule has 1 aliphatic heterocycles. The Labute approximate surface area is 194 Å². The van der Waals surface area contributed by atoms with Crippen LogP contribution in [0.2, 0.25) is 0 Å². The van der Waals surface area contributed by atoms with Gasteiger partial charge in [0.25, 0.3) is 5.91 Å². The molecule has 33 heavy (non-hydrogen) atoms. The second kappa shape index (κ2) is 9.13. The van der Waals surface area contributed by atoms with E-state index in [1.54, 1.807) is 23.1 Å². The molecule has 0 radical (unpaired) electrons. The Morgan fingerprint density at radius 1 is 1.21 bits per heavy atom. The highest BCUT2D eigenvalue weighted by Crippen LogP contribution is 2.39. The maximum atomic E-state index is 13.1. The molecule has 0 aromatic heterocycles. The van der Waals surface area contributed by atoms with Crippen molar-refractivity contribution >= 4 is 17.5 Å². The quantitative estimate of drug-likeness (QED) is 0.554. The van der Waals surface area contributed by atoms with Gasteiger partial charge in [0.15, 0.2) is 17.3 Å². The zero-order chi connectivity index (χ0) is 24.5. The molecule has 0 bridgehead atoms. The van der Waals surface area contributed by atoms with Crippen molar-refractivity contribution in [3.8, 4) is 17.2 Å². The number of phenols is 1. The van der Waals surface area contributed by atoms with E-state index in [9.17, 15) is 14.7 Å². The van der Waals surface area contributed by atoms with Gasteiger partial charge in [0.2, 0.25) is 0 Å². The number of ketones is 1. The number of nitrogens with one attached hydrogen (secondary N) is 2. The fourth-order valence-electron chi connectivity index (χ4n) is 3.96. The van der Waals surface area contributed by atoms with Gasteiger partial charge >= 0.3 is 0 Å². The van der Waals surface area contributed by atoms with E-state index in [2.05, 4.69) is 5.32 Å². The number of carbonyl (C=O) groups excluding carboxylic acids is 2. The molecule has 1 heterocycles. The number of carbonyl (C=O) groups is 2. The normalized spacial score (nSPS) is 13.0. The molecule has 0 unspecified atom stereocenters. The molecule has 8 nitrogen and oxygen atoms in total. The third-order valence-corrected chi connectivity index (χ3v) is 5.65. The van der Waals surface area contributed by atoms with Crippen LogP contribution in [0.3, 0.4) is 0 Å². The molecule has 2 aromatic carbocycles. The summed E-state index contributed by atoms with van der Waals surface area (Å²) in [7, 11) is 3.02. The second-order valence-corrected chi connectivity index (χ2v) is 8.97. The topological polar surface area (TPSA) is 112 Å². The van der Waals surface area contributed by atoms with Gasteiger partial charge in [-0.05, 0) is 42.2 Å². The first-order valence-corrected chi connectivity index (χ1v) is 10.8. The van der Waals surface area contributed by atoms with Gasteiger partial charge in [-0.3, -0.25) is 15.0 Å². The van der Waals surface area contributed by atoms with Crippen LogP contribution in [0.15, 0.2) is 24.3 Å². The number of ether oxygens (including phenoxy) is 2. The van der Waals surface area contributed by atoms with Crippen molar-refractivity contribution in [1.82, 2.24) is 10.2 Å². The number of Topliss-reactive ketones (excluding diaryl/α,β-unsaturated/α-hetero) is 1. The number of aromatic hydroxyl groups is 1. The van der Waals surface area contributed by atoms with Crippen molar-refractivity contribution in [3.63, 3.8) is 0 Å². The van der Waals surface area contributed by atoms with Crippen LogP contribution in [0.25, 0.3) is 0 Å². The van der Waals surface area contributed by atoms with E-state index in [4.69, 9.17) is 14.9 Å². The molecule has 0 aliphatic carbocycles. The molecule has 8 heteroatoms. The molecular formula is C25H31N3O5. The summed E-state index contributed by atoms with van der Waals surface area (Å²) in [6.07, 6.45) is 0. The highest BCUT2D eigenvalue weighted by molar-refractivity contribution is 6.07. The summed E-state index contributed by atoms with van der Waals surface area (Å²) in [4.78, 5) is 27.1. The van der Waals surface area contributed by atoms with Crippen LogP contribution in [-0.2, 0) is 12.0 Å². The zero-order valence-electron chi connectivity index (χ0n) is 20.0. The number of methoxy groups -OCH3 is 1. The van der Waals surface area contributed by atoms with Gasteiger partial charge < -0.3 is 24.8 Å². The zero-order valence-corrected chi connectivity index (χ0v) is 20.0. The predicted molar refractivity (Wildman–Crippen MR) is 126 cm³/mol. The summed E-state index contributed by atoms with van der Waals surface area (Å²) in [6, 6.07) is 6.55. The van der Waals surface area contributed by atoms with Crippen molar-refractivity contribution in [1.29, 1.82) is 5.41 Å². The summed E-state index contributed by atoms with van der Waals surface area (Å²) in [6.45, 7) is 8.48. The number of nitrogens with zero attached hydrogens (tertiary/aromatic N) is 1. The minimum absolute atomic E-state index is 0.0395. The molecule has 0 atom stereocenters. The molecule has 2 aromatic rings. The smallest absolute Gasteiger partial charge is 0.254 e. The van der Waals surface area contributed by atoms with Crippen LogP contribution in [0.4, 0.5) is 0 Å². The third kappa shape index (κ3) is 4.65. The first-order valence-electron chi connectivity index (χ1n) is 10.8. The van der Waals surface area contributed by atoms with E-state index >= 15 is 0 Å². The standard InChI is InChI=1S/C25H31N3O5/c1-7-33-21-10-15-12-28(23(26)16(15)11-17(21)24(31)27-5)13-20(30)14-8-18(25(2,3)4)22(32-6)19(29)9-14/h8-11,26,29H,7,12-13H2,1-6H3,(H,27,31). The van der Waals surface area contributed by atoms with Gasteiger partial charge in [-0.1, -0.05) is 20.8 Å². The maximum absolute atomic E-state index is 13.1. The number of rotatable bonds is 7. The molecule has 0 saturated carbocycles. The van der Waals surface area contributed by atoms with E-state index in [1.165, 1.54) is 20.2 Å². The fraction of sp³-hybridized carbons (Fsp3) is 0.400. The van der Waals surface area contributed by atoms with Gasteiger partial charge in [0, 0.05) is 30.3 Å². The van der Waals surface area contributed by atoms with Gasteiger partial charge in [-0.25, -0.2) is 0 Å². The van der Waals surface area contributed by atoms with Crippen LogP contribution in [-0.4, -0.2) is 54.8 Å². The van der Waals surface area contributed by atoms with Crippen LogP contribution < -0.4 is 14.8 Å². The average molecular weight is 454 g/mol. The molecular weight excluding hydrogens is 422 g/mol. The predicted octanol–water partition coefficient (Wildman–Crippen LogP) is 3.48. The minimum atomic E-state index is -0.346. The summed E-state index contributed by atoms with van der Waals surface area (Å²) in [5.74, 6) is 0.349. The lowest BCUT2D eigenvalue weighted by molar-refractivity contribution is 0.0952. The Kier molecular flexibility index (Phi) is 6.67. The third-order valence-electron chi connectivity index (χ3n) is 5.65. The van der Waals surface area contributed by atoms with Crippen LogP contribution in [0.5, 0.6) is 17.2 Å². The Morgan fingerprint density at radius 2 is 1.91 bits per heavy atom. The Hall–Kier alpha value is -3.55. The number of fused-ring (bicyclic) bond motifs is 1. The molecule has 3 N–H and O–H groups in total. The van der Waals surface area contributed by atoms with Crippen LogP contribution >= 0.6 is 0 Å². The maximum Gasteiger partial charge on any atom is 0.254 e.